The molecule has 0 bridgehead atoms. The fourth-order valence-corrected chi connectivity index (χ4v) is 3.26. The lowest BCUT2D eigenvalue weighted by atomic mass is 10.0. The molecular formula is C18H17Cl3N2O3. The minimum Gasteiger partial charge on any atom is -0.495 e. The first-order valence-corrected chi connectivity index (χ1v) is 8.59. The number of nitrogens with zero attached hydrogens (tertiary/aromatic N) is 2. The van der Waals surface area contributed by atoms with E-state index in [9.17, 15) is 4.79 Å². The van der Waals surface area contributed by atoms with Crippen LogP contribution >= 0.6 is 34.8 Å². The van der Waals surface area contributed by atoms with Gasteiger partial charge in [-0.1, -0.05) is 34.8 Å². The van der Waals surface area contributed by atoms with Crippen LogP contribution in [-0.2, 0) is 4.79 Å². The third kappa shape index (κ3) is 4.06. The molecule has 0 saturated heterocycles. The van der Waals surface area contributed by atoms with Crippen LogP contribution in [0.25, 0.3) is 11.8 Å². The van der Waals surface area contributed by atoms with Crippen molar-refractivity contribution in [1.82, 2.24) is 9.88 Å². The largest absolute Gasteiger partial charge is 0.495 e. The molecule has 0 spiro atoms. The molecule has 1 heterocycles. The van der Waals surface area contributed by atoms with E-state index >= 15 is 0 Å². The quantitative estimate of drug-likeness (QED) is 0.494. The van der Waals surface area contributed by atoms with E-state index in [2.05, 4.69) is 4.98 Å². The fraction of sp³-hybridized carbons (Fsp3) is 0.222. The molecule has 1 aromatic heterocycles. The summed E-state index contributed by atoms with van der Waals surface area (Å²) in [5.74, 6) is 0.748. The summed E-state index contributed by atoms with van der Waals surface area (Å²) in [6.45, 7) is 1.88. The summed E-state index contributed by atoms with van der Waals surface area (Å²) in [4.78, 5) is 16.9. The number of aromatic nitrogens is 1. The monoisotopic (exact) mass is 414 g/mol. The Bertz CT molecular complexity index is 841. The third-order valence-corrected chi connectivity index (χ3v) is 4.74. The number of rotatable bonds is 6. The molecule has 1 amide bonds. The Kier molecular flexibility index (Phi) is 6.75. The van der Waals surface area contributed by atoms with Gasteiger partial charge in [0.05, 0.1) is 30.0 Å². The van der Waals surface area contributed by atoms with E-state index in [-0.39, 0.29) is 10.0 Å². The van der Waals surface area contributed by atoms with E-state index in [1.165, 1.54) is 19.1 Å². The summed E-state index contributed by atoms with van der Waals surface area (Å²) in [6.07, 6.45) is 4.01. The molecular weight excluding hydrogens is 399 g/mol. The van der Waals surface area contributed by atoms with Crippen LogP contribution in [0.5, 0.6) is 11.5 Å². The van der Waals surface area contributed by atoms with Gasteiger partial charge in [0.2, 0.25) is 6.41 Å². The topological polar surface area (TPSA) is 51.7 Å². The first-order chi connectivity index (χ1) is 12.3. The molecule has 0 N–H and O–H groups in total. The second-order valence-electron chi connectivity index (χ2n) is 5.39. The molecule has 1 aromatic carbocycles. The molecule has 0 aliphatic heterocycles. The average Bonchev–Trinajstić information content (AvgIpc) is 2.62. The van der Waals surface area contributed by atoms with E-state index in [0.717, 1.165) is 11.1 Å². The maximum atomic E-state index is 11.5. The van der Waals surface area contributed by atoms with Gasteiger partial charge in [0, 0.05) is 24.9 Å². The van der Waals surface area contributed by atoms with Crippen LogP contribution in [0, 0.1) is 6.92 Å². The molecule has 26 heavy (non-hydrogen) atoms. The summed E-state index contributed by atoms with van der Waals surface area (Å²) < 4.78 is 10.6. The zero-order valence-corrected chi connectivity index (χ0v) is 16.9. The third-order valence-electron chi connectivity index (χ3n) is 3.78. The lowest BCUT2D eigenvalue weighted by Crippen LogP contribution is -2.15. The van der Waals surface area contributed by atoms with Crippen molar-refractivity contribution in [3.63, 3.8) is 0 Å². The first kappa shape index (κ1) is 20.4. The van der Waals surface area contributed by atoms with Gasteiger partial charge in [0.1, 0.15) is 16.7 Å². The number of aryl methyl sites for hydroxylation is 1. The summed E-state index contributed by atoms with van der Waals surface area (Å²) in [5.41, 5.74) is 2.50. The van der Waals surface area contributed by atoms with Crippen LogP contribution in [0.15, 0.2) is 18.3 Å². The van der Waals surface area contributed by atoms with E-state index < -0.39 is 0 Å². The van der Waals surface area contributed by atoms with Crippen LogP contribution in [-0.4, -0.2) is 37.6 Å². The average molecular weight is 416 g/mol. The Morgan fingerprint density at radius 3 is 2.15 bits per heavy atom. The Labute approximate surface area is 167 Å². The maximum Gasteiger partial charge on any atom is 0.213 e. The zero-order valence-electron chi connectivity index (χ0n) is 14.6. The SMILES string of the molecule is COc1cc(OC)c(Cl)c(/C(=C/c2cnc(Cl)cc2C)N(C)C=O)c1Cl. The van der Waals surface area contributed by atoms with Crippen LogP contribution in [0.4, 0.5) is 0 Å². The van der Waals surface area contributed by atoms with E-state index in [0.29, 0.717) is 34.3 Å². The smallest absolute Gasteiger partial charge is 0.213 e. The standard InChI is InChI=1S/C18H17Cl3N2O3/c1-10-5-15(19)22-8-11(10)6-12(23(2)9-24)16-17(20)13(25-3)7-14(26-4)18(16)21/h5-9H,1-4H3/b12-6-. The van der Waals surface area contributed by atoms with Crippen LogP contribution < -0.4 is 9.47 Å². The summed E-state index contributed by atoms with van der Waals surface area (Å²) in [7, 11) is 4.56. The molecule has 5 nitrogen and oxygen atoms in total. The second-order valence-corrected chi connectivity index (χ2v) is 6.54. The Balaban J connectivity index is 2.80. The van der Waals surface area contributed by atoms with Gasteiger partial charge in [0.15, 0.2) is 0 Å². The van der Waals surface area contributed by atoms with Gasteiger partial charge < -0.3 is 14.4 Å². The van der Waals surface area contributed by atoms with Crippen molar-refractivity contribution in [2.75, 3.05) is 21.3 Å². The highest BCUT2D eigenvalue weighted by Gasteiger charge is 2.22. The lowest BCUT2D eigenvalue weighted by Gasteiger charge is -2.21. The number of hydrogen-bond donors (Lipinski definition) is 0. The van der Waals surface area contributed by atoms with Crippen molar-refractivity contribution in [3.05, 3.63) is 50.2 Å². The van der Waals surface area contributed by atoms with E-state index in [1.807, 2.05) is 6.92 Å². The minimum atomic E-state index is 0.262. The highest BCUT2D eigenvalue weighted by atomic mass is 35.5. The number of benzene rings is 1. The summed E-state index contributed by atoms with van der Waals surface area (Å²) >= 11 is 18.9. The van der Waals surface area contributed by atoms with Crippen LogP contribution in [0.2, 0.25) is 15.2 Å². The number of carbonyl (C=O) groups is 1. The molecule has 0 unspecified atom stereocenters. The van der Waals surface area contributed by atoms with Gasteiger partial charge in [0.25, 0.3) is 0 Å². The van der Waals surface area contributed by atoms with Crippen LogP contribution in [0.1, 0.15) is 16.7 Å². The lowest BCUT2D eigenvalue weighted by molar-refractivity contribution is -0.114. The van der Waals surface area contributed by atoms with Crippen LogP contribution in [0.3, 0.4) is 0 Å². The van der Waals surface area contributed by atoms with Gasteiger partial charge in [-0.2, -0.15) is 0 Å². The molecule has 138 valence electrons. The molecule has 0 atom stereocenters. The minimum absolute atomic E-state index is 0.262. The van der Waals surface area contributed by atoms with Crippen molar-refractivity contribution >= 4 is 53.0 Å². The summed E-state index contributed by atoms with van der Waals surface area (Å²) in [6, 6.07) is 3.31. The predicted molar refractivity (Wildman–Crippen MR) is 105 cm³/mol. The number of pyridine rings is 1. The molecule has 0 aliphatic carbocycles. The van der Waals surface area contributed by atoms with E-state index in [1.54, 1.807) is 31.5 Å². The number of carbonyl (C=O) groups excluding carboxylic acids is 1. The number of ether oxygens (including phenoxy) is 2. The Morgan fingerprint density at radius 2 is 1.69 bits per heavy atom. The first-order valence-electron chi connectivity index (χ1n) is 7.46. The van der Waals surface area contributed by atoms with Crippen molar-refractivity contribution in [3.8, 4) is 11.5 Å². The fourth-order valence-electron chi connectivity index (χ4n) is 2.35. The molecule has 2 rings (SSSR count). The maximum absolute atomic E-state index is 11.5. The van der Waals surface area contributed by atoms with Gasteiger partial charge in [-0.3, -0.25) is 4.79 Å². The molecule has 8 heteroatoms. The number of methoxy groups -OCH3 is 2. The van der Waals surface area contributed by atoms with Crippen molar-refractivity contribution in [1.29, 1.82) is 0 Å². The molecule has 0 aliphatic rings. The molecule has 0 radical (unpaired) electrons. The van der Waals surface area contributed by atoms with Crippen molar-refractivity contribution < 1.29 is 14.3 Å². The van der Waals surface area contributed by atoms with Gasteiger partial charge in [-0.05, 0) is 30.2 Å². The van der Waals surface area contributed by atoms with Gasteiger partial charge >= 0.3 is 0 Å². The molecule has 2 aromatic rings. The number of hydrogen-bond acceptors (Lipinski definition) is 4. The predicted octanol–water partition coefficient (Wildman–Crippen LogP) is 4.95. The number of amides is 1. The number of halogens is 3. The van der Waals surface area contributed by atoms with Gasteiger partial charge in [-0.15, -0.1) is 0 Å². The Morgan fingerprint density at radius 1 is 1.12 bits per heavy atom. The normalized spacial score (nSPS) is 11.3. The van der Waals surface area contributed by atoms with Crippen molar-refractivity contribution in [2.45, 2.75) is 6.92 Å². The Hall–Kier alpha value is -1.95. The zero-order chi connectivity index (χ0) is 19.4. The van der Waals surface area contributed by atoms with Gasteiger partial charge in [-0.25, -0.2) is 4.98 Å². The highest BCUT2D eigenvalue weighted by molar-refractivity contribution is 6.39. The highest BCUT2D eigenvalue weighted by Crippen LogP contribution is 2.44. The summed E-state index contributed by atoms with van der Waals surface area (Å²) in [5, 5.41) is 0.903. The molecule has 0 fully saturated rings. The molecule has 0 saturated carbocycles. The second kappa shape index (κ2) is 8.62. The van der Waals surface area contributed by atoms with Crippen molar-refractivity contribution in [2.24, 2.45) is 0 Å². The van der Waals surface area contributed by atoms with E-state index in [4.69, 9.17) is 44.3 Å².